The molecule has 0 amide bonds. The molecule has 15 rings (SSSR count). The molecule has 2 heterocycles. The van der Waals surface area contributed by atoms with Crippen LogP contribution in [-0.2, 0) is 0 Å². The Morgan fingerprint density at radius 2 is 0.537 bits per heavy atom. The van der Waals surface area contributed by atoms with Gasteiger partial charge in [0, 0.05) is 21.5 Å². The Labute approximate surface area is 308 Å². The van der Waals surface area contributed by atoms with Gasteiger partial charge < -0.3 is 0 Å². The SMILES string of the molecule is N#Cc1c2cc3nc4c(nc3cc2c(C#N)c2cc3nc5c(nc3cc12)C1c2ccccc2C5c2ccccc21)C1c2ccccc2C4c2ccccc21. The zero-order valence-corrected chi connectivity index (χ0v) is 28.5. The van der Waals surface area contributed by atoms with Crippen molar-refractivity contribution in [1.82, 2.24) is 19.9 Å². The van der Waals surface area contributed by atoms with E-state index in [0.717, 1.165) is 22.8 Å². The highest BCUT2D eigenvalue weighted by atomic mass is 14.9. The van der Waals surface area contributed by atoms with Gasteiger partial charge in [-0.1, -0.05) is 97.1 Å². The maximum absolute atomic E-state index is 10.8. The second-order valence-corrected chi connectivity index (χ2v) is 15.0. The van der Waals surface area contributed by atoms with Crippen LogP contribution in [0.3, 0.4) is 0 Å². The van der Waals surface area contributed by atoms with E-state index in [0.29, 0.717) is 54.7 Å². The molecule has 0 radical (unpaired) electrons. The lowest BCUT2D eigenvalue weighted by Crippen LogP contribution is -2.29. The Morgan fingerprint density at radius 3 is 0.722 bits per heavy atom. The molecule has 0 saturated heterocycles. The van der Waals surface area contributed by atoms with Crippen LogP contribution in [0.5, 0.6) is 0 Å². The summed E-state index contributed by atoms with van der Waals surface area (Å²) >= 11 is 0. The molecule has 7 aromatic carbocycles. The van der Waals surface area contributed by atoms with Crippen LogP contribution in [0, 0.1) is 22.7 Å². The number of nitrogens with zero attached hydrogens (tertiary/aromatic N) is 6. The molecule has 0 fully saturated rings. The van der Waals surface area contributed by atoms with Crippen molar-refractivity contribution < 1.29 is 0 Å². The van der Waals surface area contributed by atoms with E-state index in [1.165, 1.54) is 44.5 Å². The van der Waals surface area contributed by atoms with Crippen LogP contribution in [-0.4, -0.2) is 19.9 Å². The van der Waals surface area contributed by atoms with Crippen molar-refractivity contribution in [2.75, 3.05) is 0 Å². The number of rotatable bonds is 0. The van der Waals surface area contributed by atoms with E-state index in [4.69, 9.17) is 19.9 Å². The van der Waals surface area contributed by atoms with E-state index in [1.54, 1.807) is 0 Å². The number of benzene rings is 7. The van der Waals surface area contributed by atoms with Crippen LogP contribution >= 0.6 is 0 Å². The third kappa shape index (κ3) is 3.31. The highest BCUT2D eigenvalue weighted by Gasteiger charge is 2.45. The standard InChI is InChI=1S/C48H24N6/c49-21-35-31-17-37-38(52-46-42-24-10-2-1-9-23(24)41(45(46)51-37)25-11-3-4-12-26(25)42)18-32(31)36(22-50)34-20-40-39(19-33(34)35)53-47-43-27-13-5-7-15-29(27)44(48(47)54-40)30-16-8-6-14-28(30)43/h1-20,41-44H. The molecular weight excluding hydrogens is 661 g/mol. The summed E-state index contributed by atoms with van der Waals surface area (Å²) in [4.78, 5) is 21.3. The van der Waals surface area contributed by atoms with Crippen molar-refractivity contribution in [3.05, 3.63) is 200 Å². The molecule has 0 atom stereocenters. The first-order chi connectivity index (χ1) is 26.7. The van der Waals surface area contributed by atoms with Crippen LogP contribution < -0.4 is 0 Å². The number of hydrogen-bond acceptors (Lipinski definition) is 6. The van der Waals surface area contributed by atoms with Gasteiger partial charge in [0.15, 0.2) is 0 Å². The molecule has 6 aliphatic rings. The topological polar surface area (TPSA) is 99.1 Å². The van der Waals surface area contributed by atoms with Gasteiger partial charge in [0.05, 0.1) is 79.6 Å². The zero-order chi connectivity index (χ0) is 35.4. The van der Waals surface area contributed by atoms with E-state index in [2.05, 4.69) is 109 Å². The van der Waals surface area contributed by atoms with Crippen molar-refractivity contribution in [1.29, 1.82) is 10.5 Å². The molecule has 9 aromatic rings. The van der Waals surface area contributed by atoms with E-state index in [-0.39, 0.29) is 23.7 Å². The third-order valence-corrected chi connectivity index (χ3v) is 12.6. The molecule has 0 saturated carbocycles. The van der Waals surface area contributed by atoms with E-state index >= 15 is 0 Å². The summed E-state index contributed by atoms with van der Waals surface area (Å²) in [6.07, 6.45) is 0. The predicted octanol–water partition coefficient (Wildman–Crippen LogP) is 9.60. The number of nitriles is 2. The third-order valence-electron chi connectivity index (χ3n) is 12.6. The van der Waals surface area contributed by atoms with Crippen LogP contribution in [0.1, 0.15) is 102 Å². The van der Waals surface area contributed by atoms with Gasteiger partial charge in [-0.2, -0.15) is 10.5 Å². The van der Waals surface area contributed by atoms with Crippen LogP contribution in [0.25, 0.3) is 43.6 Å². The minimum absolute atomic E-state index is 0.0169. The second-order valence-electron chi connectivity index (χ2n) is 15.0. The van der Waals surface area contributed by atoms with E-state index in [1.807, 2.05) is 24.3 Å². The fourth-order valence-electron chi connectivity index (χ4n) is 10.5. The first-order valence-electron chi connectivity index (χ1n) is 18.3. The summed E-state index contributed by atoms with van der Waals surface area (Å²) in [6, 6.07) is 47.4. The number of hydrogen-bond donors (Lipinski definition) is 0. The molecule has 246 valence electrons. The Hall–Kier alpha value is -7.28. The van der Waals surface area contributed by atoms with Gasteiger partial charge in [0.25, 0.3) is 0 Å². The van der Waals surface area contributed by atoms with Gasteiger partial charge in [-0.05, 0) is 68.8 Å². The van der Waals surface area contributed by atoms with Gasteiger partial charge >= 0.3 is 0 Å². The lowest BCUT2D eigenvalue weighted by Gasteiger charge is -2.40. The molecule has 0 unspecified atom stereocenters. The quantitative estimate of drug-likeness (QED) is 0.148. The monoisotopic (exact) mass is 684 g/mol. The predicted molar refractivity (Wildman–Crippen MR) is 207 cm³/mol. The van der Waals surface area contributed by atoms with Crippen molar-refractivity contribution in [2.45, 2.75) is 23.7 Å². The first-order valence-corrected chi connectivity index (χ1v) is 18.3. The average molecular weight is 685 g/mol. The smallest absolute Gasteiger partial charge is 0.100 e. The van der Waals surface area contributed by atoms with Crippen molar-refractivity contribution in [3.63, 3.8) is 0 Å². The molecule has 2 aromatic heterocycles. The molecule has 0 aliphatic heterocycles. The summed E-state index contributed by atoms with van der Waals surface area (Å²) in [7, 11) is 0. The fourth-order valence-corrected chi connectivity index (χ4v) is 10.5. The molecule has 6 heteroatoms. The Balaban J connectivity index is 1.07. The van der Waals surface area contributed by atoms with Crippen molar-refractivity contribution >= 4 is 43.6 Å². The zero-order valence-electron chi connectivity index (χ0n) is 28.5. The van der Waals surface area contributed by atoms with Crippen LogP contribution in [0.15, 0.2) is 121 Å². The summed E-state index contributed by atoms with van der Waals surface area (Å²) < 4.78 is 0. The highest BCUT2D eigenvalue weighted by molar-refractivity contribution is 6.14. The lowest BCUT2D eigenvalue weighted by atomic mass is 9.64. The summed E-state index contributed by atoms with van der Waals surface area (Å²) in [5.41, 5.74) is 17.9. The fraction of sp³-hybridized carbons (Fsp3) is 0.0833. The van der Waals surface area contributed by atoms with E-state index < -0.39 is 0 Å². The van der Waals surface area contributed by atoms with Gasteiger partial charge in [-0.25, -0.2) is 19.9 Å². The maximum atomic E-state index is 10.8. The summed E-state index contributed by atoms with van der Waals surface area (Å²) in [6.45, 7) is 0. The number of aromatic nitrogens is 4. The Morgan fingerprint density at radius 1 is 0.333 bits per heavy atom. The van der Waals surface area contributed by atoms with Gasteiger partial charge in [-0.3, -0.25) is 0 Å². The van der Waals surface area contributed by atoms with Gasteiger partial charge in [0.1, 0.15) is 12.1 Å². The van der Waals surface area contributed by atoms with Crippen LogP contribution in [0.2, 0.25) is 0 Å². The first kappa shape index (κ1) is 28.3. The maximum Gasteiger partial charge on any atom is 0.100 e. The van der Waals surface area contributed by atoms with Crippen molar-refractivity contribution in [2.24, 2.45) is 0 Å². The molecule has 6 nitrogen and oxygen atoms in total. The molecule has 0 spiro atoms. The second kappa shape index (κ2) is 9.77. The molecule has 54 heavy (non-hydrogen) atoms. The minimum atomic E-state index is -0.0169. The summed E-state index contributed by atoms with van der Waals surface area (Å²) in [5.74, 6) is -0.0675. The van der Waals surface area contributed by atoms with E-state index in [9.17, 15) is 10.5 Å². The minimum Gasteiger partial charge on any atom is -0.248 e. The van der Waals surface area contributed by atoms with Crippen LogP contribution in [0.4, 0.5) is 0 Å². The Kier molecular flexibility index (Phi) is 5.13. The molecule has 0 N–H and O–H groups in total. The Bertz CT molecular complexity index is 2830. The average Bonchev–Trinajstić information content (AvgIpc) is 3.22. The van der Waals surface area contributed by atoms with Gasteiger partial charge in [0.2, 0.25) is 0 Å². The largest absolute Gasteiger partial charge is 0.248 e. The molecular formula is C48H24N6. The van der Waals surface area contributed by atoms with Crippen molar-refractivity contribution in [3.8, 4) is 12.1 Å². The molecule has 4 bridgehead atoms. The summed E-state index contributed by atoms with van der Waals surface area (Å²) in [5, 5.41) is 24.4. The highest BCUT2D eigenvalue weighted by Crippen LogP contribution is 2.56. The number of fused-ring (bicyclic) bond motifs is 4. The lowest BCUT2D eigenvalue weighted by molar-refractivity contribution is 0.709. The van der Waals surface area contributed by atoms with Gasteiger partial charge in [-0.15, -0.1) is 0 Å². The normalized spacial score (nSPS) is 19.1. The molecule has 6 aliphatic carbocycles.